The molecule has 2 atom stereocenters. The van der Waals surface area contributed by atoms with E-state index in [4.69, 9.17) is 4.74 Å². The Labute approximate surface area is 226 Å². The number of amides is 2. The summed E-state index contributed by atoms with van der Waals surface area (Å²) in [6, 6.07) is 16.8. The van der Waals surface area contributed by atoms with Crippen LogP contribution in [-0.2, 0) is 19.6 Å². The van der Waals surface area contributed by atoms with Gasteiger partial charge in [0.25, 0.3) is 5.91 Å². The van der Waals surface area contributed by atoms with Gasteiger partial charge in [-0.05, 0) is 42.0 Å². The van der Waals surface area contributed by atoms with Crippen molar-refractivity contribution in [2.24, 2.45) is 5.92 Å². The zero-order chi connectivity index (χ0) is 27.3. The van der Waals surface area contributed by atoms with E-state index in [0.717, 1.165) is 10.1 Å². The van der Waals surface area contributed by atoms with Gasteiger partial charge in [0.2, 0.25) is 15.9 Å². The van der Waals surface area contributed by atoms with Gasteiger partial charge in [-0.3, -0.25) is 9.59 Å². The number of hydrogen-bond acceptors (Lipinski definition) is 7. The highest BCUT2D eigenvalue weighted by atomic mass is 32.2. The highest BCUT2D eigenvalue weighted by Crippen LogP contribution is 2.25. The van der Waals surface area contributed by atoms with E-state index < -0.39 is 22.2 Å². The fraction of sp³-hybridized carbons (Fsp3) is 0.370. The molecule has 2 aromatic carbocycles. The van der Waals surface area contributed by atoms with Crippen molar-refractivity contribution >= 4 is 43.3 Å². The zero-order valence-electron chi connectivity index (χ0n) is 21.2. The summed E-state index contributed by atoms with van der Waals surface area (Å²) in [5.74, 6) is -0.513. The fourth-order valence-corrected chi connectivity index (χ4v) is 6.88. The molecule has 3 aromatic rings. The minimum atomic E-state index is -3.90. The van der Waals surface area contributed by atoms with Crippen LogP contribution >= 0.6 is 11.3 Å². The summed E-state index contributed by atoms with van der Waals surface area (Å²) in [6.45, 7) is 4.36. The number of carbonyl (C=O) groups is 2. The molecule has 2 amide bonds. The fourth-order valence-electron chi connectivity index (χ4n) is 4.32. The quantitative estimate of drug-likeness (QED) is 0.418. The Balaban J connectivity index is 1.39. The van der Waals surface area contributed by atoms with E-state index in [0.29, 0.717) is 11.3 Å². The molecule has 4 rings (SSSR count). The molecule has 1 fully saturated rings. The summed E-state index contributed by atoms with van der Waals surface area (Å²) in [5.41, 5.74) is 0.0785. The van der Waals surface area contributed by atoms with Crippen molar-refractivity contribution in [1.29, 1.82) is 5.26 Å². The number of thiophene rings is 1. The van der Waals surface area contributed by atoms with Gasteiger partial charge in [0.15, 0.2) is 0 Å². The third-order valence-corrected chi connectivity index (χ3v) is 9.25. The molecule has 0 spiro atoms. The Hall–Kier alpha value is -3.30. The van der Waals surface area contributed by atoms with Crippen LogP contribution in [0.5, 0.6) is 0 Å². The number of nitriles is 1. The first-order valence-electron chi connectivity index (χ1n) is 12.4. The molecule has 0 aliphatic carbocycles. The molecular formula is C27H30N4O5S2. The van der Waals surface area contributed by atoms with Crippen molar-refractivity contribution in [2.45, 2.75) is 37.3 Å². The van der Waals surface area contributed by atoms with E-state index >= 15 is 0 Å². The molecule has 1 saturated heterocycles. The summed E-state index contributed by atoms with van der Waals surface area (Å²) in [5, 5.41) is 16.0. The maximum atomic E-state index is 13.2. The van der Waals surface area contributed by atoms with Crippen LogP contribution in [0.2, 0.25) is 0 Å². The van der Waals surface area contributed by atoms with Crippen LogP contribution in [0.25, 0.3) is 10.1 Å². The zero-order valence-corrected chi connectivity index (χ0v) is 22.8. The molecular weight excluding hydrogens is 524 g/mol. The summed E-state index contributed by atoms with van der Waals surface area (Å²) < 4.78 is 34.4. The SMILES string of the molecule is CC(C)C[C@H](NC(=O)c1cc2ccccc2s1)C(=O)NC[C@@H]1CN(S(=O)(=O)c2ccccc2C#N)CCO1. The number of sulfonamides is 1. The minimum absolute atomic E-state index is 0.0331. The Morgan fingerprint density at radius 2 is 1.92 bits per heavy atom. The van der Waals surface area contributed by atoms with E-state index in [1.54, 1.807) is 12.1 Å². The van der Waals surface area contributed by atoms with Gasteiger partial charge in [-0.15, -0.1) is 11.3 Å². The lowest BCUT2D eigenvalue weighted by molar-refractivity contribution is -0.124. The Kier molecular flexibility index (Phi) is 8.79. The van der Waals surface area contributed by atoms with Crippen LogP contribution in [0.3, 0.4) is 0 Å². The van der Waals surface area contributed by atoms with Crippen LogP contribution in [-0.4, -0.2) is 62.9 Å². The van der Waals surface area contributed by atoms with Crippen molar-refractivity contribution in [3.05, 3.63) is 65.0 Å². The lowest BCUT2D eigenvalue weighted by Gasteiger charge is -2.32. The summed E-state index contributed by atoms with van der Waals surface area (Å²) in [4.78, 5) is 26.5. The van der Waals surface area contributed by atoms with Crippen molar-refractivity contribution in [3.8, 4) is 6.07 Å². The first kappa shape index (κ1) is 27.7. The summed E-state index contributed by atoms with van der Waals surface area (Å²) >= 11 is 1.37. The topological polar surface area (TPSA) is 129 Å². The molecule has 0 radical (unpaired) electrons. The van der Waals surface area contributed by atoms with Crippen molar-refractivity contribution < 1.29 is 22.7 Å². The average Bonchev–Trinajstić information content (AvgIpc) is 3.36. The maximum absolute atomic E-state index is 13.2. The first-order valence-corrected chi connectivity index (χ1v) is 14.6. The average molecular weight is 555 g/mol. The van der Waals surface area contributed by atoms with Gasteiger partial charge in [-0.2, -0.15) is 9.57 Å². The number of hydrogen-bond donors (Lipinski definition) is 2. The Morgan fingerprint density at radius 3 is 2.66 bits per heavy atom. The molecule has 11 heteroatoms. The molecule has 1 aliphatic heterocycles. The number of benzene rings is 2. The van der Waals surface area contributed by atoms with Crippen LogP contribution < -0.4 is 10.6 Å². The summed E-state index contributed by atoms with van der Waals surface area (Å²) in [7, 11) is -3.90. The minimum Gasteiger partial charge on any atom is -0.374 e. The van der Waals surface area contributed by atoms with E-state index in [9.17, 15) is 23.3 Å². The van der Waals surface area contributed by atoms with E-state index in [1.165, 1.54) is 27.8 Å². The highest BCUT2D eigenvalue weighted by Gasteiger charge is 2.33. The molecule has 200 valence electrons. The Morgan fingerprint density at radius 1 is 1.18 bits per heavy atom. The number of carbonyl (C=O) groups excluding carboxylic acids is 2. The van der Waals surface area contributed by atoms with Gasteiger partial charge in [-0.1, -0.05) is 44.2 Å². The highest BCUT2D eigenvalue weighted by molar-refractivity contribution is 7.89. The number of rotatable bonds is 9. The lowest BCUT2D eigenvalue weighted by Crippen LogP contribution is -2.52. The smallest absolute Gasteiger partial charge is 0.262 e. The second-order valence-electron chi connectivity index (χ2n) is 9.51. The largest absolute Gasteiger partial charge is 0.374 e. The second kappa shape index (κ2) is 12.0. The maximum Gasteiger partial charge on any atom is 0.262 e. The molecule has 0 saturated carbocycles. The van der Waals surface area contributed by atoms with Crippen molar-refractivity contribution in [3.63, 3.8) is 0 Å². The van der Waals surface area contributed by atoms with Gasteiger partial charge >= 0.3 is 0 Å². The molecule has 2 heterocycles. The lowest BCUT2D eigenvalue weighted by atomic mass is 10.0. The van der Waals surface area contributed by atoms with E-state index in [2.05, 4.69) is 10.6 Å². The van der Waals surface area contributed by atoms with Crippen LogP contribution in [0, 0.1) is 17.2 Å². The number of ether oxygens (including phenoxy) is 1. The predicted molar refractivity (Wildman–Crippen MR) is 145 cm³/mol. The van der Waals surface area contributed by atoms with Gasteiger partial charge < -0.3 is 15.4 Å². The van der Waals surface area contributed by atoms with Crippen molar-refractivity contribution in [1.82, 2.24) is 14.9 Å². The molecule has 38 heavy (non-hydrogen) atoms. The van der Waals surface area contributed by atoms with Crippen LogP contribution in [0.1, 0.15) is 35.5 Å². The first-order chi connectivity index (χ1) is 18.2. The molecule has 1 aromatic heterocycles. The third kappa shape index (κ3) is 6.39. The molecule has 2 N–H and O–H groups in total. The number of morpholine rings is 1. The van der Waals surface area contributed by atoms with Crippen LogP contribution in [0.15, 0.2) is 59.5 Å². The molecule has 0 bridgehead atoms. The number of nitrogens with zero attached hydrogens (tertiary/aromatic N) is 2. The van der Waals surface area contributed by atoms with E-state index in [1.807, 2.05) is 50.2 Å². The van der Waals surface area contributed by atoms with Gasteiger partial charge in [0.1, 0.15) is 12.1 Å². The van der Waals surface area contributed by atoms with E-state index in [-0.39, 0.29) is 54.4 Å². The van der Waals surface area contributed by atoms with Gasteiger partial charge in [-0.25, -0.2) is 8.42 Å². The normalized spacial score (nSPS) is 17.2. The van der Waals surface area contributed by atoms with Gasteiger partial charge in [0, 0.05) is 24.3 Å². The molecule has 0 unspecified atom stereocenters. The number of fused-ring (bicyclic) bond motifs is 1. The van der Waals surface area contributed by atoms with Gasteiger partial charge in [0.05, 0.1) is 28.0 Å². The monoisotopic (exact) mass is 554 g/mol. The Bertz CT molecular complexity index is 1430. The van der Waals surface area contributed by atoms with Crippen LogP contribution in [0.4, 0.5) is 0 Å². The number of nitrogens with one attached hydrogen (secondary N) is 2. The second-order valence-corrected chi connectivity index (χ2v) is 12.5. The summed E-state index contributed by atoms with van der Waals surface area (Å²) in [6.07, 6.45) is -0.130. The molecule has 9 nitrogen and oxygen atoms in total. The molecule has 1 aliphatic rings. The van der Waals surface area contributed by atoms with Crippen molar-refractivity contribution in [2.75, 3.05) is 26.2 Å². The standard InChI is InChI=1S/C27H30N4O5S2/c1-18(2)13-22(30-27(33)24-14-19-7-3-5-9-23(19)37-24)26(32)29-16-21-17-31(11-12-36-21)38(34,35)25-10-6-4-8-20(25)15-28/h3-10,14,18,21-22H,11-13,16-17H2,1-2H3,(H,29,32)(H,30,33)/t21-,22+/m1/s1. The predicted octanol–water partition coefficient (Wildman–Crippen LogP) is 3.12. The third-order valence-electron chi connectivity index (χ3n) is 6.21.